The summed E-state index contributed by atoms with van der Waals surface area (Å²) in [6, 6.07) is 9.78. The van der Waals surface area contributed by atoms with E-state index in [1.54, 1.807) is 0 Å². The second-order valence-corrected chi connectivity index (χ2v) is 4.31. The van der Waals surface area contributed by atoms with Crippen molar-refractivity contribution in [3.63, 3.8) is 0 Å². The third kappa shape index (κ3) is 7.18. The van der Waals surface area contributed by atoms with Crippen LogP contribution in [0, 0.1) is 0 Å². The van der Waals surface area contributed by atoms with Gasteiger partial charge < -0.3 is 10.1 Å². The van der Waals surface area contributed by atoms with Crippen LogP contribution in [0.2, 0.25) is 0 Å². The van der Waals surface area contributed by atoms with Gasteiger partial charge in [-0.3, -0.25) is 0 Å². The summed E-state index contributed by atoms with van der Waals surface area (Å²) in [5, 5.41) is 3.26. The zero-order valence-electron chi connectivity index (χ0n) is 11.0. The Morgan fingerprint density at radius 1 is 1.21 bits per heavy atom. The summed E-state index contributed by atoms with van der Waals surface area (Å²) in [7, 11) is 0. The second-order valence-electron chi connectivity index (χ2n) is 4.31. The molecule has 2 nitrogen and oxygen atoms in total. The second kappa shape index (κ2) is 8.17. The SMILES string of the molecule is CCNC(COCCCC(F)(F)F)c1ccccc1. The number of alkyl halides is 3. The lowest BCUT2D eigenvalue weighted by atomic mass is 10.1. The quantitative estimate of drug-likeness (QED) is 0.730. The smallest absolute Gasteiger partial charge is 0.379 e. The van der Waals surface area contributed by atoms with Crippen molar-refractivity contribution >= 4 is 0 Å². The molecule has 0 aliphatic rings. The van der Waals surface area contributed by atoms with E-state index in [1.807, 2.05) is 37.3 Å². The van der Waals surface area contributed by atoms with Gasteiger partial charge in [0.25, 0.3) is 0 Å². The first-order valence-corrected chi connectivity index (χ1v) is 6.45. The normalized spacial score (nSPS) is 13.5. The first-order valence-electron chi connectivity index (χ1n) is 6.45. The lowest BCUT2D eigenvalue weighted by molar-refractivity contribution is -0.138. The fourth-order valence-corrected chi connectivity index (χ4v) is 1.78. The van der Waals surface area contributed by atoms with Crippen LogP contribution in [0.3, 0.4) is 0 Å². The minimum absolute atomic E-state index is 0.0110. The molecule has 1 unspecified atom stereocenters. The molecule has 0 saturated heterocycles. The van der Waals surface area contributed by atoms with Gasteiger partial charge in [0.2, 0.25) is 0 Å². The van der Waals surface area contributed by atoms with Gasteiger partial charge >= 0.3 is 6.18 Å². The zero-order chi connectivity index (χ0) is 14.1. The minimum Gasteiger partial charge on any atom is -0.379 e. The van der Waals surface area contributed by atoms with Crippen LogP contribution < -0.4 is 5.32 Å². The molecule has 1 N–H and O–H groups in total. The van der Waals surface area contributed by atoms with Crippen molar-refractivity contribution < 1.29 is 17.9 Å². The summed E-state index contributed by atoms with van der Waals surface area (Å²) in [5.74, 6) is 0. The first-order chi connectivity index (χ1) is 9.03. The average molecular weight is 275 g/mol. The molecule has 0 fully saturated rings. The largest absolute Gasteiger partial charge is 0.389 e. The Labute approximate surface area is 112 Å². The van der Waals surface area contributed by atoms with Gasteiger partial charge in [-0.25, -0.2) is 0 Å². The van der Waals surface area contributed by atoms with Crippen LogP contribution in [0.15, 0.2) is 30.3 Å². The van der Waals surface area contributed by atoms with E-state index in [0.29, 0.717) is 6.61 Å². The summed E-state index contributed by atoms with van der Waals surface area (Å²) in [6.45, 7) is 3.29. The monoisotopic (exact) mass is 275 g/mol. The topological polar surface area (TPSA) is 21.3 Å². The molecular weight excluding hydrogens is 255 g/mol. The summed E-state index contributed by atoms with van der Waals surface area (Å²) in [4.78, 5) is 0. The number of benzene rings is 1. The van der Waals surface area contributed by atoms with Crippen LogP contribution in [-0.4, -0.2) is 25.9 Å². The average Bonchev–Trinajstić information content (AvgIpc) is 2.37. The van der Waals surface area contributed by atoms with Crippen molar-refractivity contribution in [1.82, 2.24) is 5.32 Å². The predicted molar refractivity (Wildman–Crippen MR) is 69.0 cm³/mol. The van der Waals surface area contributed by atoms with E-state index in [-0.39, 0.29) is 19.1 Å². The van der Waals surface area contributed by atoms with Crippen molar-refractivity contribution in [3.8, 4) is 0 Å². The lowest BCUT2D eigenvalue weighted by Crippen LogP contribution is -2.25. The predicted octanol–water partition coefficient (Wildman–Crippen LogP) is 3.70. The molecule has 0 aliphatic carbocycles. The van der Waals surface area contributed by atoms with Crippen molar-refractivity contribution in [1.29, 1.82) is 0 Å². The highest BCUT2D eigenvalue weighted by atomic mass is 19.4. The molecule has 1 atom stereocenters. The molecule has 108 valence electrons. The van der Waals surface area contributed by atoms with Crippen molar-refractivity contribution in [2.75, 3.05) is 19.8 Å². The van der Waals surface area contributed by atoms with E-state index in [1.165, 1.54) is 0 Å². The van der Waals surface area contributed by atoms with Gasteiger partial charge in [0.05, 0.1) is 12.6 Å². The highest BCUT2D eigenvalue weighted by Crippen LogP contribution is 2.21. The van der Waals surface area contributed by atoms with Gasteiger partial charge in [-0.15, -0.1) is 0 Å². The van der Waals surface area contributed by atoms with Crippen LogP contribution in [0.25, 0.3) is 0 Å². The van der Waals surface area contributed by atoms with Crippen LogP contribution in [0.5, 0.6) is 0 Å². The Balaban J connectivity index is 2.31. The molecule has 0 spiro atoms. The van der Waals surface area contributed by atoms with Gasteiger partial charge in [-0.1, -0.05) is 37.3 Å². The fourth-order valence-electron chi connectivity index (χ4n) is 1.78. The van der Waals surface area contributed by atoms with Crippen molar-refractivity contribution in [2.24, 2.45) is 0 Å². The Morgan fingerprint density at radius 2 is 1.89 bits per heavy atom. The summed E-state index contributed by atoms with van der Waals surface area (Å²) in [5.41, 5.74) is 1.08. The summed E-state index contributed by atoms with van der Waals surface area (Å²) < 4.78 is 41.2. The van der Waals surface area contributed by atoms with Crippen LogP contribution in [-0.2, 0) is 4.74 Å². The molecule has 0 aromatic heterocycles. The first kappa shape index (κ1) is 16.0. The molecule has 0 aliphatic heterocycles. The molecule has 1 aromatic rings. The van der Waals surface area contributed by atoms with Crippen LogP contribution in [0.1, 0.15) is 31.4 Å². The highest BCUT2D eigenvalue weighted by molar-refractivity contribution is 5.18. The van der Waals surface area contributed by atoms with Gasteiger partial charge in [-0.05, 0) is 18.5 Å². The third-order valence-corrected chi connectivity index (χ3v) is 2.69. The van der Waals surface area contributed by atoms with E-state index in [2.05, 4.69) is 5.32 Å². The fraction of sp³-hybridized carbons (Fsp3) is 0.571. The maximum Gasteiger partial charge on any atom is 0.389 e. The molecule has 1 aromatic carbocycles. The Kier molecular flexibility index (Phi) is 6.87. The Morgan fingerprint density at radius 3 is 2.47 bits per heavy atom. The number of rotatable bonds is 8. The van der Waals surface area contributed by atoms with Gasteiger partial charge in [-0.2, -0.15) is 13.2 Å². The van der Waals surface area contributed by atoms with E-state index < -0.39 is 12.6 Å². The molecule has 1 rings (SSSR count). The van der Waals surface area contributed by atoms with Gasteiger partial charge in [0, 0.05) is 13.0 Å². The maximum atomic E-state index is 12.0. The third-order valence-electron chi connectivity index (χ3n) is 2.69. The molecule has 0 radical (unpaired) electrons. The van der Waals surface area contributed by atoms with Crippen molar-refractivity contribution in [2.45, 2.75) is 32.0 Å². The van der Waals surface area contributed by atoms with E-state index >= 15 is 0 Å². The highest BCUT2D eigenvalue weighted by Gasteiger charge is 2.26. The molecule has 19 heavy (non-hydrogen) atoms. The molecule has 0 bridgehead atoms. The Bertz CT molecular complexity index is 340. The van der Waals surface area contributed by atoms with E-state index in [4.69, 9.17) is 4.74 Å². The number of hydrogen-bond donors (Lipinski definition) is 1. The van der Waals surface area contributed by atoms with Crippen LogP contribution in [0.4, 0.5) is 13.2 Å². The van der Waals surface area contributed by atoms with E-state index in [9.17, 15) is 13.2 Å². The molecular formula is C14H20F3NO. The standard InChI is InChI=1S/C14H20F3NO/c1-2-18-13(12-7-4-3-5-8-12)11-19-10-6-9-14(15,16)17/h3-5,7-8,13,18H,2,6,9-11H2,1H3. The van der Waals surface area contributed by atoms with Crippen LogP contribution >= 0.6 is 0 Å². The zero-order valence-corrected chi connectivity index (χ0v) is 11.0. The number of nitrogens with one attached hydrogen (secondary N) is 1. The molecule has 0 heterocycles. The number of ether oxygens (including phenoxy) is 1. The molecule has 5 heteroatoms. The number of halogens is 3. The summed E-state index contributed by atoms with van der Waals surface area (Å²) in [6.07, 6.45) is -4.87. The lowest BCUT2D eigenvalue weighted by Gasteiger charge is -2.18. The Hall–Kier alpha value is -1.07. The van der Waals surface area contributed by atoms with Gasteiger partial charge in [0.15, 0.2) is 0 Å². The minimum atomic E-state index is -4.09. The molecule has 0 amide bonds. The van der Waals surface area contributed by atoms with E-state index in [0.717, 1.165) is 12.1 Å². The molecule has 0 saturated carbocycles. The number of hydrogen-bond acceptors (Lipinski definition) is 2. The summed E-state index contributed by atoms with van der Waals surface area (Å²) >= 11 is 0. The van der Waals surface area contributed by atoms with Crippen molar-refractivity contribution in [3.05, 3.63) is 35.9 Å². The van der Waals surface area contributed by atoms with Gasteiger partial charge in [0.1, 0.15) is 0 Å². The number of likely N-dealkylation sites (N-methyl/N-ethyl adjacent to an activating group) is 1. The maximum absolute atomic E-state index is 12.0.